The second-order valence-corrected chi connectivity index (χ2v) is 3.99. The van der Waals surface area contributed by atoms with E-state index in [0.29, 0.717) is 5.75 Å². The summed E-state index contributed by atoms with van der Waals surface area (Å²) in [4.78, 5) is 33.2. The minimum Gasteiger partial charge on any atom is -0.426 e. The normalized spacial score (nSPS) is 9.58. The Labute approximate surface area is 110 Å². The van der Waals surface area contributed by atoms with Crippen molar-refractivity contribution in [2.75, 3.05) is 0 Å². The number of ether oxygens (including phenoxy) is 2. The number of ketones is 1. The molecule has 100 valence electrons. The molecule has 1 aromatic rings. The highest BCUT2D eigenvalue weighted by molar-refractivity contribution is 5.95. The van der Waals surface area contributed by atoms with Crippen molar-refractivity contribution in [3.05, 3.63) is 36.4 Å². The number of hydrogen-bond donors (Lipinski definition) is 0. The highest BCUT2D eigenvalue weighted by atomic mass is 16.5. The summed E-state index contributed by atoms with van der Waals surface area (Å²) in [6.07, 6.45) is -0.271. The van der Waals surface area contributed by atoms with Crippen LogP contribution in [-0.4, -0.2) is 17.7 Å². The predicted molar refractivity (Wildman–Crippen MR) is 67.8 cm³/mol. The zero-order valence-corrected chi connectivity index (χ0v) is 10.8. The molecule has 0 bridgehead atoms. The van der Waals surface area contributed by atoms with Gasteiger partial charge >= 0.3 is 11.9 Å². The van der Waals surface area contributed by atoms with Gasteiger partial charge < -0.3 is 9.47 Å². The molecule has 0 unspecified atom stereocenters. The molecule has 0 N–H and O–H groups in total. The fraction of sp³-hybridized carbons (Fsp3) is 0.214. The Morgan fingerprint density at radius 1 is 1.00 bits per heavy atom. The highest BCUT2D eigenvalue weighted by Crippen LogP contribution is 2.18. The van der Waals surface area contributed by atoms with E-state index in [-0.39, 0.29) is 23.5 Å². The van der Waals surface area contributed by atoms with E-state index in [1.165, 1.54) is 31.2 Å². The lowest BCUT2D eigenvalue weighted by Crippen LogP contribution is -2.12. The third kappa shape index (κ3) is 5.16. The summed E-state index contributed by atoms with van der Waals surface area (Å²) in [5, 5.41) is 0. The first-order chi connectivity index (χ1) is 8.88. The quantitative estimate of drug-likeness (QED) is 0.351. The first kappa shape index (κ1) is 14.6. The lowest BCUT2D eigenvalue weighted by atomic mass is 10.3. The van der Waals surface area contributed by atoms with Crippen LogP contribution in [0.4, 0.5) is 0 Å². The van der Waals surface area contributed by atoms with Gasteiger partial charge in [-0.2, -0.15) is 0 Å². The van der Waals surface area contributed by atoms with Crippen LogP contribution < -0.4 is 9.47 Å². The summed E-state index contributed by atoms with van der Waals surface area (Å²) in [5.74, 6) is -0.821. The maximum absolute atomic E-state index is 11.3. The van der Waals surface area contributed by atoms with Gasteiger partial charge in [-0.15, -0.1) is 0 Å². The molecule has 0 saturated heterocycles. The second-order valence-electron chi connectivity index (χ2n) is 3.99. The maximum Gasteiger partial charge on any atom is 0.338 e. The number of carbonyl (C=O) groups is 3. The molecular weight excluding hydrogens is 248 g/mol. The average Bonchev–Trinajstić information content (AvgIpc) is 2.30. The molecule has 0 fully saturated rings. The molecule has 5 nitrogen and oxygen atoms in total. The molecule has 1 aromatic carbocycles. The van der Waals surface area contributed by atoms with Crippen LogP contribution in [0.25, 0.3) is 0 Å². The van der Waals surface area contributed by atoms with Crippen LogP contribution in [0, 0.1) is 0 Å². The van der Waals surface area contributed by atoms with Gasteiger partial charge in [-0.25, -0.2) is 4.79 Å². The summed E-state index contributed by atoms with van der Waals surface area (Å²) < 4.78 is 9.88. The summed E-state index contributed by atoms with van der Waals surface area (Å²) in [5.41, 5.74) is 0.289. The van der Waals surface area contributed by atoms with E-state index in [4.69, 9.17) is 9.47 Å². The van der Waals surface area contributed by atoms with Crippen molar-refractivity contribution in [3.63, 3.8) is 0 Å². The number of carbonyl (C=O) groups excluding carboxylic acids is 3. The van der Waals surface area contributed by atoms with Gasteiger partial charge in [0, 0.05) is 5.57 Å². The Kier molecular flexibility index (Phi) is 5.00. The Bertz CT molecular complexity index is 513. The minimum atomic E-state index is -0.626. The van der Waals surface area contributed by atoms with E-state index in [0.717, 1.165) is 0 Å². The van der Waals surface area contributed by atoms with Gasteiger partial charge in [-0.3, -0.25) is 9.59 Å². The van der Waals surface area contributed by atoms with Crippen molar-refractivity contribution in [1.82, 2.24) is 0 Å². The summed E-state index contributed by atoms with van der Waals surface area (Å²) in [6.45, 7) is 6.31. The number of rotatable bonds is 5. The lowest BCUT2D eigenvalue weighted by Gasteiger charge is -2.05. The minimum absolute atomic E-state index is 0.267. The molecule has 0 atom stereocenters. The average molecular weight is 262 g/mol. The van der Waals surface area contributed by atoms with Gasteiger partial charge in [0.05, 0.1) is 0 Å². The largest absolute Gasteiger partial charge is 0.426 e. The smallest absolute Gasteiger partial charge is 0.338 e. The molecule has 1 rings (SSSR count). The van der Waals surface area contributed by atoms with Crippen LogP contribution in [0.2, 0.25) is 0 Å². The Morgan fingerprint density at radius 3 is 1.89 bits per heavy atom. The molecule has 0 aliphatic carbocycles. The van der Waals surface area contributed by atoms with Crippen LogP contribution in [0.1, 0.15) is 20.3 Å². The summed E-state index contributed by atoms with van der Waals surface area (Å²) in [7, 11) is 0. The van der Waals surface area contributed by atoms with Gasteiger partial charge in [0.15, 0.2) is 0 Å². The first-order valence-electron chi connectivity index (χ1n) is 5.56. The molecule has 0 aromatic heterocycles. The van der Waals surface area contributed by atoms with E-state index in [2.05, 4.69) is 6.58 Å². The van der Waals surface area contributed by atoms with Gasteiger partial charge in [0.2, 0.25) is 0 Å². The zero-order chi connectivity index (χ0) is 14.4. The molecule has 0 aliphatic rings. The number of benzene rings is 1. The Balaban J connectivity index is 2.61. The van der Waals surface area contributed by atoms with Crippen LogP contribution in [0.5, 0.6) is 11.5 Å². The van der Waals surface area contributed by atoms with Crippen molar-refractivity contribution in [2.45, 2.75) is 20.3 Å². The monoisotopic (exact) mass is 262 g/mol. The molecule has 0 spiro atoms. The van der Waals surface area contributed by atoms with E-state index in [1.807, 2.05) is 0 Å². The van der Waals surface area contributed by atoms with E-state index >= 15 is 0 Å². The second kappa shape index (κ2) is 6.49. The van der Waals surface area contributed by atoms with Crippen LogP contribution in [0.15, 0.2) is 36.4 Å². The summed E-state index contributed by atoms with van der Waals surface area (Å²) in [6, 6.07) is 5.91. The third-order valence-electron chi connectivity index (χ3n) is 2.01. The topological polar surface area (TPSA) is 69.7 Å². The molecule has 19 heavy (non-hydrogen) atoms. The van der Waals surface area contributed by atoms with E-state index in [1.54, 1.807) is 6.92 Å². The Morgan fingerprint density at radius 2 is 1.47 bits per heavy atom. The molecule has 5 heteroatoms. The Hall–Kier alpha value is -2.43. The molecule has 0 saturated carbocycles. The van der Waals surface area contributed by atoms with Crippen LogP contribution in [0.3, 0.4) is 0 Å². The van der Waals surface area contributed by atoms with Crippen molar-refractivity contribution >= 4 is 17.7 Å². The molecular formula is C14H14O5. The van der Waals surface area contributed by atoms with Crippen molar-refractivity contribution in [3.8, 4) is 11.5 Å². The zero-order valence-electron chi connectivity index (χ0n) is 10.8. The van der Waals surface area contributed by atoms with E-state index < -0.39 is 11.9 Å². The standard InChI is InChI=1S/C14H14O5/c1-9(2)14(17)19-12-6-4-11(5-7-12)18-13(16)8-10(3)15/h4-7H,1,8H2,2-3H3. The molecule has 0 aliphatic heterocycles. The molecule has 0 amide bonds. The van der Waals surface area contributed by atoms with Crippen LogP contribution in [-0.2, 0) is 14.4 Å². The number of hydrogen-bond acceptors (Lipinski definition) is 5. The van der Waals surface area contributed by atoms with Gasteiger partial charge in [-0.1, -0.05) is 6.58 Å². The number of Topliss-reactive ketones (excluding diaryl/α,β-unsaturated/α-hetero) is 1. The molecule has 0 radical (unpaired) electrons. The number of esters is 2. The fourth-order valence-electron chi connectivity index (χ4n) is 1.14. The SMILES string of the molecule is C=C(C)C(=O)Oc1ccc(OC(=O)CC(C)=O)cc1. The van der Waals surface area contributed by atoms with Crippen molar-refractivity contribution < 1.29 is 23.9 Å². The van der Waals surface area contributed by atoms with Crippen LogP contribution >= 0.6 is 0 Å². The highest BCUT2D eigenvalue weighted by Gasteiger charge is 2.09. The predicted octanol–water partition coefficient (Wildman–Crippen LogP) is 2.05. The third-order valence-corrected chi connectivity index (χ3v) is 2.01. The van der Waals surface area contributed by atoms with Crippen molar-refractivity contribution in [2.24, 2.45) is 0 Å². The first-order valence-corrected chi connectivity index (χ1v) is 5.56. The van der Waals surface area contributed by atoms with Gasteiger partial charge in [-0.05, 0) is 38.1 Å². The summed E-state index contributed by atoms with van der Waals surface area (Å²) >= 11 is 0. The van der Waals surface area contributed by atoms with Crippen molar-refractivity contribution in [1.29, 1.82) is 0 Å². The fourth-order valence-corrected chi connectivity index (χ4v) is 1.14. The lowest BCUT2D eigenvalue weighted by molar-refractivity contribution is -0.137. The van der Waals surface area contributed by atoms with Gasteiger partial charge in [0.25, 0.3) is 0 Å². The molecule has 0 heterocycles. The van der Waals surface area contributed by atoms with Gasteiger partial charge in [0.1, 0.15) is 23.7 Å². The maximum atomic E-state index is 11.3. The van der Waals surface area contributed by atoms with E-state index in [9.17, 15) is 14.4 Å².